The van der Waals surface area contributed by atoms with E-state index in [1.54, 1.807) is 0 Å². The molecule has 1 aliphatic heterocycles. The average Bonchev–Trinajstić information content (AvgIpc) is 3.02. The van der Waals surface area contributed by atoms with Gasteiger partial charge in [0.2, 0.25) is 0 Å². The first-order valence-corrected chi connectivity index (χ1v) is 7.60. The minimum absolute atomic E-state index is 0.00904. The molecule has 22 heavy (non-hydrogen) atoms. The Hall–Kier alpha value is -2.62. The molecule has 1 amide bonds. The van der Waals surface area contributed by atoms with Crippen LogP contribution < -0.4 is 5.32 Å². The molecule has 2 aromatic carbocycles. The number of nitrogens with zero attached hydrogens (tertiary/aromatic N) is 2. The minimum atomic E-state index is 0.00904. The topological polar surface area (TPSA) is 46.9 Å². The third kappa shape index (κ3) is 2.26. The van der Waals surface area contributed by atoms with E-state index in [-0.39, 0.29) is 11.9 Å². The van der Waals surface area contributed by atoms with Crippen LogP contribution >= 0.6 is 0 Å². The zero-order valence-electron chi connectivity index (χ0n) is 12.2. The predicted octanol–water partition coefficient (Wildman–Crippen LogP) is 2.78. The van der Waals surface area contributed by atoms with Crippen molar-refractivity contribution in [1.29, 1.82) is 0 Å². The van der Waals surface area contributed by atoms with Crippen LogP contribution in [0.3, 0.4) is 0 Å². The second-order valence-electron chi connectivity index (χ2n) is 5.74. The number of hydrogen-bond donors (Lipinski definition) is 1. The monoisotopic (exact) mass is 291 g/mol. The van der Waals surface area contributed by atoms with Gasteiger partial charge in [-0.3, -0.25) is 9.48 Å². The smallest absolute Gasteiger partial charge is 0.252 e. The van der Waals surface area contributed by atoms with Gasteiger partial charge in [-0.15, -0.1) is 0 Å². The lowest BCUT2D eigenvalue weighted by atomic mass is 10.0. The number of hydrogen-bond acceptors (Lipinski definition) is 2. The second-order valence-corrected chi connectivity index (χ2v) is 5.74. The molecular formula is C18H17N3O. The molecular weight excluding hydrogens is 274 g/mol. The Morgan fingerprint density at radius 2 is 2.00 bits per heavy atom. The Morgan fingerprint density at radius 1 is 1.14 bits per heavy atom. The third-order valence-electron chi connectivity index (χ3n) is 4.32. The van der Waals surface area contributed by atoms with Crippen LogP contribution in [0.15, 0.2) is 54.7 Å². The summed E-state index contributed by atoms with van der Waals surface area (Å²) < 4.78 is 2.01. The van der Waals surface area contributed by atoms with Gasteiger partial charge in [-0.05, 0) is 29.3 Å². The summed E-state index contributed by atoms with van der Waals surface area (Å²) in [6.07, 6.45) is 3.59. The van der Waals surface area contributed by atoms with E-state index >= 15 is 0 Å². The van der Waals surface area contributed by atoms with Crippen LogP contribution in [-0.2, 0) is 13.0 Å². The van der Waals surface area contributed by atoms with Gasteiger partial charge in [0.1, 0.15) is 0 Å². The molecule has 4 heteroatoms. The first-order chi connectivity index (χ1) is 10.8. The molecule has 3 aromatic rings. The highest BCUT2D eigenvalue weighted by Crippen LogP contribution is 2.20. The lowest BCUT2D eigenvalue weighted by Gasteiger charge is -2.24. The lowest BCUT2D eigenvalue weighted by molar-refractivity contribution is 0.0932. The summed E-state index contributed by atoms with van der Waals surface area (Å²) in [6.45, 7) is 0.864. The maximum Gasteiger partial charge on any atom is 0.252 e. The average molecular weight is 291 g/mol. The number of aryl methyl sites for hydroxylation is 1. The highest BCUT2D eigenvalue weighted by atomic mass is 16.1. The molecule has 110 valence electrons. The molecule has 0 fully saturated rings. The van der Waals surface area contributed by atoms with Crippen LogP contribution in [0, 0.1) is 0 Å². The van der Waals surface area contributed by atoms with E-state index in [4.69, 9.17) is 0 Å². The van der Waals surface area contributed by atoms with Crippen LogP contribution in [0.25, 0.3) is 10.8 Å². The molecule has 4 nitrogen and oxygen atoms in total. The van der Waals surface area contributed by atoms with Crippen molar-refractivity contribution in [3.05, 3.63) is 66.0 Å². The standard InChI is InChI=1S/C18H17N3O/c22-18(17-7-3-5-13-4-1-2-6-16(13)17)20-14-9-11-21-15(12-14)8-10-19-21/h1-8,10,14H,9,11-12H2,(H,20,22). The highest BCUT2D eigenvalue weighted by Gasteiger charge is 2.21. The van der Waals surface area contributed by atoms with Gasteiger partial charge in [0.25, 0.3) is 5.91 Å². The second kappa shape index (κ2) is 5.30. The summed E-state index contributed by atoms with van der Waals surface area (Å²) in [4.78, 5) is 12.6. The van der Waals surface area contributed by atoms with Gasteiger partial charge in [0.05, 0.1) is 0 Å². The largest absolute Gasteiger partial charge is 0.349 e. The maximum atomic E-state index is 12.6. The first-order valence-electron chi connectivity index (χ1n) is 7.60. The Morgan fingerprint density at radius 3 is 2.95 bits per heavy atom. The zero-order valence-corrected chi connectivity index (χ0v) is 12.2. The molecule has 0 radical (unpaired) electrons. The molecule has 0 saturated carbocycles. The number of nitrogens with one attached hydrogen (secondary N) is 1. The third-order valence-corrected chi connectivity index (χ3v) is 4.32. The molecule has 4 rings (SSSR count). The van der Waals surface area contributed by atoms with Crippen LogP contribution in [0.2, 0.25) is 0 Å². The van der Waals surface area contributed by atoms with Crippen molar-refractivity contribution < 1.29 is 4.79 Å². The van der Waals surface area contributed by atoms with Crippen molar-refractivity contribution in [2.24, 2.45) is 0 Å². The van der Waals surface area contributed by atoms with Gasteiger partial charge in [0, 0.05) is 36.5 Å². The minimum Gasteiger partial charge on any atom is -0.349 e. The lowest BCUT2D eigenvalue weighted by Crippen LogP contribution is -2.40. The molecule has 1 aliphatic rings. The number of rotatable bonds is 2. The van der Waals surface area contributed by atoms with Crippen molar-refractivity contribution in [2.45, 2.75) is 25.4 Å². The molecule has 0 bridgehead atoms. The molecule has 2 heterocycles. The van der Waals surface area contributed by atoms with Gasteiger partial charge in [-0.2, -0.15) is 5.10 Å². The molecule has 1 atom stereocenters. The SMILES string of the molecule is O=C(NC1CCn2nccc2C1)c1cccc2ccccc12. The van der Waals surface area contributed by atoms with E-state index in [2.05, 4.69) is 10.4 Å². The van der Waals surface area contributed by atoms with Crippen LogP contribution in [-0.4, -0.2) is 21.7 Å². The summed E-state index contributed by atoms with van der Waals surface area (Å²) in [5.41, 5.74) is 1.94. The number of aromatic nitrogens is 2. The van der Waals surface area contributed by atoms with Gasteiger partial charge >= 0.3 is 0 Å². The van der Waals surface area contributed by atoms with Gasteiger partial charge in [-0.1, -0.05) is 36.4 Å². The molecule has 0 spiro atoms. The highest BCUT2D eigenvalue weighted by molar-refractivity contribution is 6.07. The molecule has 1 unspecified atom stereocenters. The summed E-state index contributed by atoms with van der Waals surface area (Å²) in [6, 6.07) is 16.1. The quantitative estimate of drug-likeness (QED) is 0.789. The van der Waals surface area contributed by atoms with Gasteiger partial charge in [0.15, 0.2) is 0 Å². The van der Waals surface area contributed by atoms with Crippen LogP contribution in [0.4, 0.5) is 0 Å². The van der Waals surface area contributed by atoms with E-state index in [9.17, 15) is 4.79 Å². The van der Waals surface area contributed by atoms with Crippen molar-refractivity contribution >= 4 is 16.7 Å². The fraction of sp³-hybridized carbons (Fsp3) is 0.222. The zero-order chi connectivity index (χ0) is 14.9. The number of carbonyl (C=O) groups excluding carboxylic acids is 1. The summed E-state index contributed by atoms with van der Waals surface area (Å²) in [5, 5.41) is 9.55. The Kier molecular flexibility index (Phi) is 3.15. The number of carbonyl (C=O) groups is 1. The molecule has 1 N–H and O–H groups in total. The molecule has 0 saturated heterocycles. The van der Waals surface area contributed by atoms with Crippen molar-refractivity contribution in [3.63, 3.8) is 0 Å². The van der Waals surface area contributed by atoms with E-state index < -0.39 is 0 Å². The van der Waals surface area contributed by atoms with Crippen LogP contribution in [0.5, 0.6) is 0 Å². The normalized spacial score (nSPS) is 17.2. The first kappa shape index (κ1) is 13.1. The van der Waals surface area contributed by atoms with E-state index in [1.807, 2.05) is 59.4 Å². The van der Waals surface area contributed by atoms with Crippen molar-refractivity contribution in [2.75, 3.05) is 0 Å². The fourth-order valence-electron chi connectivity index (χ4n) is 3.18. The Bertz CT molecular complexity index is 832. The van der Waals surface area contributed by atoms with E-state index in [0.717, 1.165) is 35.7 Å². The number of amides is 1. The molecule has 0 aliphatic carbocycles. The maximum absolute atomic E-state index is 12.6. The van der Waals surface area contributed by atoms with Gasteiger partial charge in [-0.25, -0.2) is 0 Å². The van der Waals surface area contributed by atoms with Gasteiger partial charge < -0.3 is 5.32 Å². The van der Waals surface area contributed by atoms with E-state index in [0.29, 0.717) is 0 Å². The number of fused-ring (bicyclic) bond motifs is 2. The summed E-state index contributed by atoms with van der Waals surface area (Å²) >= 11 is 0. The summed E-state index contributed by atoms with van der Waals surface area (Å²) in [5.74, 6) is 0.00904. The fourth-order valence-corrected chi connectivity index (χ4v) is 3.18. The van der Waals surface area contributed by atoms with Crippen LogP contribution in [0.1, 0.15) is 22.5 Å². The van der Waals surface area contributed by atoms with E-state index in [1.165, 1.54) is 5.69 Å². The van der Waals surface area contributed by atoms with Crippen molar-refractivity contribution in [3.8, 4) is 0 Å². The Labute approximate surface area is 128 Å². The molecule has 1 aromatic heterocycles. The number of benzene rings is 2. The van der Waals surface area contributed by atoms with Crippen molar-refractivity contribution in [1.82, 2.24) is 15.1 Å². The Balaban J connectivity index is 1.57. The summed E-state index contributed by atoms with van der Waals surface area (Å²) in [7, 11) is 0. The predicted molar refractivity (Wildman–Crippen MR) is 85.8 cm³/mol.